The van der Waals surface area contributed by atoms with Gasteiger partial charge >= 0.3 is 0 Å². The van der Waals surface area contributed by atoms with Gasteiger partial charge in [-0.15, -0.1) is 0 Å². The zero-order valence-electron chi connectivity index (χ0n) is 11.0. The Kier molecular flexibility index (Phi) is 4.74. The fraction of sp³-hybridized carbons (Fsp3) is 0.385. The van der Waals surface area contributed by atoms with Crippen molar-refractivity contribution in [1.29, 1.82) is 0 Å². The third kappa shape index (κ3) is 4.26. The first-order valence-corrected chi connectivity index (χ1v) is 6.20. The van der Waals surface area contributed by atoms with Crippen molar-refractivity contribution in [2.75, 3.05) is 20.1 Å². The van der Waals surface area contributed by atoms with Crippen LogP contribution < -0.4 is 5.32 Å². The molecule has 0 bridgehead atoms. The number of hydrogen-bond acceptors (Lipinski definition) is 4. The van der Waals surface area contributed by atoms with Gasteiger partial charge in [0.05, 0.1) is 25.9 Å². The van der Waals surface area contributed by atoms with Crippen LogP contribution in [0, 0.1) is 0 Å². The molecule has 0 aromatic carbocycles. The summed E-state index contributed by atoms with van der Waals surface area (Å²) >= 11 is 0. The average molecular weight is 262 g/mol. The Bertz CT molecular complexity index is 479. The number of rotatable bonds is 7. The van der Waals surface area contributed by atoms with E-state index >= 15 is 0 Å². The molecule has 6 nitrogen and oxygen atoms in total. The first kappa shape index (κ1) is 13.4. The maximum atomic E-state index is 11.8. The van der Waals surface area contributed by atoms with E-state index in [0.29, 0.717) is 19.6 Å². The monoisotopic (exact) mass is 262 g/mol. The predicted octanol–water partition coefficient (Wildman–Crippen LogP) is 0.724. The molecule has 0 aliphatic rings. The fourth-order valence-corrected chi connectivity index (χ4v) is 1.68. The molecule has 1 N–H and O–H groups in total. The number of nitrogens with one attached hydrogen (secondary N) is 1. The van der Waals surface area contributed by atoms with E-state index in [1.165, 1.54) is 0 Å². The highest BCUT2D eigenvalue weighted by molar-refractivity contribution is 5.77. The molecule has 0 aliphatic carbocycles. The van der Waals surface area contributed by atoms with Gasteiger partial charge in [-0.1, -0.05) is 0 Å². The second-order valence-electron chi connectivity index (χ2n) is 4.28. The number of amides is 1. The Morgan fingerprint density at radius 1 is 1.53 bits per heavy atom. The van der Waals surface area contributed by atoms with E-state index in [9.17, 15) is 4.79 Å². The molecule has 0 saturated carbocycles. The molecule has 0 fully saturated rings. The normalized spacial score (nSPS) is 10.6. The average Bonchev–Trinajstić information content (AvgIpc) is 3.07. The first-order chi connectivity index (χ1) is 9.25. The summed E-state index contributed by atoms with van der Waals surface area (Å²) in [5.41, 5.74) is 0. The third-order valence-electron chi connectivity index (χ3n) is 2.75. The summed E-state index contributed by atoms with van der Waals surface area (Å²) in [5.74, 6) is 0.823. The van der Waals surface area contributed by atoms with E-state index in [4.69, 9.17) is 4.42 Å². The van der Waals surface area contributed by atoms with Crippen molar-refractivity contribution in [2.45, 2.75) is 13.1 Å². The molecule has 19 heavy (non-hydrogen) atoms. The SMILES string of the molecule is CN(Cc1ccco1)C(=O)CNCCn1cccn1. The third-order valence-corrected chi connectivity index (χ3v) is 2.75. The molecule has 102 valence electrons. The number of likely N-dealkylation sites (N-methyl/N-ethyl adjacent to an activating group) is 1. The molecule has 2 aromatic rings. The van der Waals surface area contributed by atoms with Crippen molar-refractivity contribution in [3.05, 3.63) is 42.6 Å². The minimum Gasteiger partial charge on any atom is -0.467 e. The smallest absolute Gasteiger partial charge is 0.236 e. The van der Waals surface area contributed by atoms with Crippen molar-refractivity contribution in [2.24, 2.45) is 0 Å². The van der Waals surface area contributed by atoms with Crippen LogP contribution in [0.15, 0.2) is 41.3 Å². The van der Waals surface area contributed by atoms with Crippen LogP contribution in [-0.2, 0) is 17.9 Å². The maximum absolute atomic E-state index is 11.8. The van der Waals surface area contributed by atoms with Gasteiger partial charge < -0.3 is 14.6 Å². The van der Waals surface area contributed by atoms with Crippen LogP contribution in [0.1, 0.15) is 5.76 Å². The Morgan fingerprint density at radius 3 is 3.11 bits per heavy atom. The van der Waals surface area contributed by atoms with E-state index in [2.05, 4.69) is 10.4 Å². The number of nitrogens with zero attached hydrogens (tertiary/aromatic N) is 3. The molecule has 2 aromatic heterocycles. The second-order valence-corrected chi connectivity index (χ2v) is 4.28. The molecule has 1 amide bonds. The molecule has 6 heteroatoms. The Balaban J connectivity index is 1.63. The van der Waals surface area contributed by atoms with Gasteiger partial charge in [0.15, 0.2) is 0 Å². The molecule has 2 rings (SSSR count). The Labute approximate surface area is 112 Å². The molecule has 0 atom stereocenters. The van der Waals surface area contributed by atoms with Gasteiger partial charge in [0.1, 0.15) is 5.76 Å². The number of carbonyl (C=O) groups excluding carboxylic acids is 1. The van der Waals surface area contributed by atoms with Gasteiger partial charge in [-0.2, -0.15) is 5.10 Å². The first-order valence-electron chi connectivity index (χ1n) is 6.20. The lowest BCUT2D eigenvalue weighted by molar-refractivity contribution is -0.129. The van der Waals surface area contributed by atoms with E-state index < -0.39 is 0 Å². The lowest BCUT2D eigenvalue weighted by Crippen LogP contribution is -2.36. The lowest BCUT2D eigenvalue weighted by atomic mass is 10.4. The number of furan rings is 1. The van der Waals surface area contributed by atoms with Crippen LogP contribution in [0.3, 0.4) is 0 Å². The van der Waals surface area contributed by atoms with Crippen molar-refractivity contribution in [1.82, 2.24) is 20.0 Å². The van der Waals surface area contributed by atoms with Gasteiger partial charge in [-0.3, -0.25) is 9.48 Å². The number of aromatic nitrogens is 2. The van der Waals surface area contributed by atoms with Crippen LogP contribution in [0.25, 0.3) is 0 Å². The molecular formula is C13H18N4O2. The van der Waals surface area contributed by atoms with Crippen LogP contribution in [-0.4, -0.2) is 40.7 Å². The summed E-state index contributed by atoms with van der Waals surface area (Å²) in [6.45, 7) is 2.27. The topological polar surface area (TPSA) is 63.3 Å². The summed E-state index contributed by atoms with van der Waals surface area (Å²) in [6.07, 6.45) is 5.24. The Hall–Kier alpha value is -2.08. The minimum absolute atomic E-state index is 0.0388. The van der Waals surface area contributed by atoms with Crippen molar-refractivity contribution in [3.63, 3.8) is 0 Å². The molecule has 0 saturated heterocycles. The van der Waals surface area contributed by atoms with Gasteiger partial charge in [0.25, 0.3) is 0 Å². The summed E-state index contributed by atoms with van der Waals surface area (Å²) in [4.78, 5) is 13.5. The van der Waals surface area contributed by atoms with Crippen LogP contribution in [0.5, 0.6) is 0 Å². The quantitative estimate of drug-likeness (QED) is 0.747. The largest absolute Gasteiger partial charge is 0.467 e. The van der Waals surface area contributed by atoms with Crippen LogP contribution in [0.2, 0.25) is 0 Å². The molecular weight excluding hydrogens is 244 g/mol. The summed E-state index contributed by atoms with van der Waals surface area (Å²) < 4.78 is 7.03. The van der Waals surface area contributed by atoms with Gasteiger partial charge in [-0.25, -0.2) is 0 Å². The summed E-state index contributed by atoms with van der Waals surface area (Å²) in [6, 6.07) is 5.55. The van der Waals surface area contributed by atoms with Crippen molar-refractivity contribution >= 4 is 5.91 Å². The van der Waals surface area contributed by atoms with E-state index in [-0.39, 0.29) is 5.91 Å². The van der Waals surface area contributed by atoms with Gasteiger partial charge in [0, 0.05) is 26.0 Å². The summed E-state index contributed by atoms with van der Waals surface area (Å²) in [5, 5.41) is 7.19. The van der Waals surface area contributed by atoms with Gasteiger partial charge in [-0.05, 0) is 18.2 Å². The second kappa shape index (κ2) is 6.75. The van der Waals surface area contributed by atoms with Gasteiger partial charge in [0.2, 0.25) is 5.91 Å². The van der Waals surface area contributed by atoms with E-state index in [0.717, 1.165) is 12.3 Å². The number of hydrogen-bond donors (Lipinski definition) is 1. The summed E-state index contributed by atoms with van der Waals surface area (Å²) in [7, 11) is 1.76. The zero-order valence-corrected chi connectivity index (χ0v) is 11.0. The highest BCUT2D eigenvalue weighted by atomic mass is 16.3. The minimum atomic E-state index is 0.0388. The molecule has 0 spiro atoms. The zero-order chi connectivity index (χ0) is 13.5. The highest BCUT2D eigenvalue weighted by Crippen LogP contribution is 2.03. The van der Waals surface area contributed by atoms with E-state index in [1.807, 2.05) is 29.1 Å². The molecule has 0 aliphatic heterocycles. The molecule has 2 heterocycles. The molecule has 0 unspecified atom stereocenters. The maximum Gasteiger partial charge on any atom is 0.236 e. The standard InChI is InChI=1S/C13H18N4O2/c1-16(11-12-4-2-9-19-12)13(18)10-14-6-8-17-7-3-5-15-17/h2-5,7,9,14H,6,8,10-11H2,1H3. The van der Waals surface area contributed by atoms with Crippen molar-refractivity contribution in [3.8, 4) is 0 Å². The highest BCUT2D eigenvalue weighted by Gasteiger charge is 2.09. The molecule has 0 radical (unpaired) electrons. The van der Waals surface area contributed by atoms with Crippen molar-refractivity contribution < 1.29 is 9.21 Å². The predicted molar refractivity (Wildman–Crippen MR) is 70.3 cm³/mol. The number of carbonyl (C=O) groups is 1. The fourth-order valence-electron chi connectivity index (χ4n) is 1.68. The van der Waals surface area contributed by atoms with Crippen LogP contribution in [0.4, 0.5) is 0 Å². The van der Waals surface area contributed by atoms with E-state index in [1.54, 1.807) is 24.4 Å². The van der Waals surface area contributed by atoms with Crippen LogP contribution >= 0.6 is 0 Å². The lowest BCUT2D eigenvalue weighted by Gasteiger charge is -2.16. The Morgan fingerprint density at radius 2 is 2.42 bits per heavy atom.